The van der Waals surface area contributed by atoms with Gasteiger partial charge in [-0.25, -0.2) is 4.98 Å². The van der Waals surface area contributed by atoms with Crippen molar-refractivity contribution >= 4 is 40.0 Å². The van der Waals surface area contributed by atoms with Crippen molar-refractivity contribution in [3.05, 3.63) is 56.8 Å². The third-order valence-electron chi connectivity index (χ3n) is 6.81. The van der Waals surface area contributed by atoms with Gasteiger partial charge in [-0.3, -0.25) is 19.5 Å². The zero-order chi connectivity index (χ0) is 25.2. The van der Waals surface area contributed by atoms with Gasteiger partial charge in [0, 0.05) is 45.3 Å². The number of nitrogen functional groups attached to an aromatic ring is 1. The second-order valence-corrected chi connectivity index (χ2v) is 9.43. The maximum absolute atomic E-state index is 13.1. The number of hydrogen-bond acceptors (Lipinski definition) is 8. The van der Waals surface area contributed by atoms with Crippen molar-refractivity contribution in [1.29, 1.82) is 0 Å². The van der Waals surface area contributed by atoms with Crippen molar-refractivity contribution in [3.63, 3.8) is 0 Å². The molecule has 0 bridgehead atoms. The molecule has 3 heterocycles. The Morgan fingerprint density at radius 2 is 2.22 bits per heavy atom. The van der Waals surface area contributed by atoms with Crippen molar-refractivity contribution in [1.82, 2.24) is 20.2 Å². The quantitative estimate of drug-likeness (QED) is 0.353. The molecule has 2 aromatic carbocycles. The molecule has 1 fully saturated rings. The first-order valence-electron chi connectivity index (χ1n) is 12.0. The van der Waals surface area contributed by atoms with E-state index in [2.05, 4.69) is 25.5 Å². The largest absolute Gasteiger partial charge is 0.492 e. The fourth-order valence-corrected chi connectivity index (χ4v) is 5.10. The predicted octanol–water partition coefficient (Wildman–Crippen LogP) is 2.02. The summed E-state index contributed by atoms with van der Waals surface area (Å²) in [5.74, 6) is 0.719. The van der Waals surface area contributed by atoms with E-state index in [1.165, 1.54) is 0 Å². The zero-order valence-corrected chi connectivity index (χ0v) is 20.7. The number of carbonyl (C=O) groups is 1. The van der Waals surface area contributed by atoms with E-state index >= 15 is 0 Å². The average molecular weight is 513 g/mol. The lowest BCUT2D eigenvalue weighted by Gasteiger charge is -2.38. The van der Waals surface area contributed by atoms with Crippen LogP contribution in [0.5, 0.6) is 5.75 Å². The Morgan fingerprint density at radius 3 is 3.06 bits per heavy atom. The minimum Gasteiger partial charge on any atom is -0.492 e. The molecule has 1 aromatic heterocycles. The molecule has 1 amide bonds. The van der Waals surface area contributed by atoms with Crippen molar-refractivity contribution in [2.45, 2.75) is 25.0 Å². The predicted molar refractivity (Wildman–Crippen MR) is 139 cm³/mol. The molecule has 2 atom stereocenters. The smallest absolute Gasteiger partial charge is 0.260 e. The van der Waals surface area contributed by atoms with Crippen LogP contribution in [0, 0.1) is 0 Å². The van der Waals surface area contributed by atoms with Gasteiger partial charge < -0.3 is 25.8 Å². The van der Waals surface area contributed by atoms with Gasteiger partial charge in [-0.1, -0.05) is 23.7 Å². The summed E-state index contributed by atoms with van der Waals surface area (Å²) in [7, 11) is 1.65. The molecule has 2 unspecified atom stereocenters. The molecule has 5 N–H and O–H groups in total. The summed E-state index contributed by atoms with van der Waals surface area (Å²) in [6, 6.07) is 8.66. The van der Waals surface area contributed by atoms with Crippen molar-refractivity contribution in [2.75, 3.05) is 50.9 Å². The van der Waals surface area contributed by atoms with E-state index < -0.39 is 0 Å². The summed E-state index contributed by atoms with van der Waals surface area (Å²) in [5, 5.41) is 7.23. The minimum atomic E-state index is -0.247. The van der Waals surface area contributed by atoms with Crippen molar-refractivity contribution < 1.29 is 14.3 Å². The molecule has 10 nitrogen and oxygen atoms in total. The highest BCUT2D eigenvalue weighted by molar-refractivity contribution is 6.33. The number of para-hydroxylation sites is 1. The standard InChI is InChI=1S/C25H29ClN6O4/c1-35-20-13-32(10-8-28-25-30-18-5-3-2-4-14(18)23(33)31-25)9-6-19(20)29-24(34)16-12-17(26)21(27)15-7-11-36-22(15)16/h2-5,12,19-20H,6-11,13,27H2,1H3,(H,29,34)(H2,28,30,31,33). The lowest BCUT2D eigenvalue weighted by atomic mass is 10.00. The van der Waals surface area contributed by atoms with Crippen LogP contribution in [-0.2, 0) is 11.2 Å². The Balaban J connectivity index is 1.17. The highest BCUT2D eigenvalue weighted by Crippen LogP contribution is 2.38. The van der Waals surface area contributed by atoms with E-state index in [1.807, 2.05) is 18.2 Å². The van der Waals surface area contributed by atoms with Crippen molar-refractivity contribution in [3.8, 4) is 5.75 Å². The number of amides is 1. The third kappa shape index (κ3) is 4.84. The number of nitrogens with zero attached hydrogens (tertiary/aromatic N) is 2. The number of hydrogen-bond donors (Lipinski definition) is 4. The first-order valence-corrected chi connectivity index (χ1v) is 12.3. The van der Waals surface area contributed by atoms with Crippen LogP contribution in [0.1, 0.15) is 22.3 Å². The zero-order valence-electron chi connectivity index (χ0n) is 20.0. The number of H-pyrrole nitrogens is 1. The number of anilines is 2. The Labute approximate surface area is 213 Å². The fourth-order valence-electron chi connectivity index (χ4n) is 4.87. The van der Waals surface area contributed by atoms with Gasteiger partial charge in [0.2, 0.25) is 5.95 Å². The topological polar surface area (TPSA) is 135 Å². The lowest BCUT2D eigenvalue weighted by molar-refractivity contribution is 0.00762. The average Bonchev–Trinajstić information content (AvgIpc) is 3.37. The van der Waals surface area contributed by atoms with Crippen LogP contribution in [0.15, 0.2) is 35.1 Å². The van der Waals surface area contributed by atoms with Crippen molar-refractivity contribution in [2.24, 2.45) is 0 Å². The number of benzene rings is 2. The molecule has 36 heavy (non-hydrogen) atoms. The van der Waals surface area contributed by atoms with Gasteiger partial charge in [0.25, 0.3) is 11.5 Å². The Morgan fingerprint density at radius 1 is 1.39 bits per heavy atom. The highest BCUT2D eigenvalue weighted by Gasteiger charge is 2.32. The number of nitrogens with one attached hydrogen (secondary N) is 3. The molecule has 11 heteroatoms. The molecule has 2 aliphatic rings. The van der Waals surface area contributed by atoms with Crippen LogP contribution in [0.4, 0.5) is 11.6 Å². The van der Waals surface area contributed by atoms with E-state index in [1.54, 1.807) is 19.2 Å². The summed E-state index contributed by atoms with van der Waals surface area (Å²) >= 11 is 6.27. The molecule has 190 valence electrons. The minimum absolute atomic E-state index is 0.154. The normalized spacial score (nSPS) is 19.6. The summed E-state index contributed by atoms with van der Waals surface area (Å²) in [5.41, 5.74) is 8.21. The molecule has 0 saturated carbocycles. The SMILES string of the molecule is COC1CN(CCNc2nc3ccccc3c(=O)[nH]2)CCC1NC(=O)c1cc(Cl)c(N)c2c1OCC2. The van der Waals surface area contributed by atoms with Gasteiger partial charge >= 0.3 is 0 Å². The van der Waals surface area contributed by atoms with Crippen LogP contribution in [-0.4, -0.2) is 72.8 Å². The second-order valence-electron chi connectivity index (χ2n) is 9.03. The number of piperidine rings is 1. The summed E-state index contributed by atoms with van der Waals surface area (Å²) < 4.78 is 11.4. The number of halogens is 1. The Kier molecular flexibility index (Phi) is 6.99. The Bertz CT molecular complexity index is 1350. The van der Waals surface area contributed by atoms with Gasteiger partial charge in [0.1, 0.15) is 5.75 Å². The highest BCUT2D eigenvalue weighted by atomic mass is 35.5. The van der Waals surface area contributed by atoms with Crippen LogP contribution >= 0.6 is 11.6 Å². The van der Waals surface area contributed by atoms with E-state index in [0.717, 1.165) is 25.1 Å². The monoisotopic (exact) mass is 512 g/mol. The van der Waals surface area contributed by atoms with Gasteiger partial charge in [-0.15, -0.1) is 0 Å². The van der Waals surface area contributed by atoms with E-state index in [9.17, 15) is 9.59 Å². The molecule has 0 spiro atoms. The maximum Gasteiger partial charge on any atom is 0.260 e. The summed E-state index contributed by atoms with van der Waals surface area (Å²) in [6.07, 6.45) is 1.18. The number of aromatic amines is 1. The van der Waals surface area contributed by atoms with Crippen LogP contribution in [0.2, 0.25) is 5.02 Å². The summed E-state index contributed by atoms with van der Waals surface area (Å²) in [6.45, 7) is 3.25. The number of methoxy groups -OCH3 is 1. The number of rotatable bonds is 7. The number of fused-ring (bicyclic) bond motifs is 2. The Hall–Kier alpha value is -3.34. The molecule has 1 saturated heterocycles. The van der Waals surface area contributed by atoms with Crippen LogP contribution < -0.4 is 26.7 Å². The molecular weight excluding hydrogens is 484 g/mol. The molecular formula is C25H29ClN6O4. The summed E-state index contributed by atoms with van der Waals surface area (Å²) in [4.78, 5) is 34.9. The fraction of sp³-hybridized carbons (Fsp3) is 0.400. The van der Waals surface area contributed by atoms with Gasteiger partial charge in [-0.05, 0) is 24.6 Å². The van der Waals surface area contributed by atoms with E-state index in [-0.39, 0.29) is 23.6 Å². The lowest BCUT2D eigenvalue weighted by Crippen LogP contribution is -2.55. The van der Waals surface area contributed by atoms with E-state index in [0.29, 0.717) is 65.0 Å². The molecule has 0 radical (unpaired) electrons. The second kappa shape index (κ2) is 10.3. The number of ether oxygens (including phenoxy) is 2. The molecule has 5 rings (SSSR count). The number of nitrogens with two attached hydrogens (primary N) is 1. The van der Waals surface area contributed by atoms with Gasteiger partial charge in [0.15, 0.2) is 0 Å². The maximum atomic E-state index is 13.1. The number of carbonyl (C=O) groups excluding carboxylic acids is 1. The molecule has 0 aliphatic carbocycles. The number of aromatic nitrogens is 2. The van der Waals surface area contributed by atoms with Crippen LogP contribution in [0.25, 0.3) is 10.9 Å². The molecule has 3 aromatic rings. The van der Waals surface area contributed by atoms with Crippen LogP contribution in [0.3, 0.4) is 0 Å². The molecule has 2 aliphatic heterocycles. The van der Waals surface area contributed by atoms with Gasteiger partial charge in [-0.2, -0.15) is 0 Å². The van der Waals surface area contributed by atoms with Gasteiger partial charge in [0.05, 0.1) is 45.9 Å². The van der Waals surface area contributed by atoms with E-state index in [4.69, 9.17) is 26.8 Å². The number of likely N-dealkylation sites (tertiary alicyclic amines) is 1. The first-order chi connectivity index (χ1) is 17.4. The first kappa shape index (κ1) is 24.4. The third-order valence-corrected chi connectivity index (χ3v) is 7.12.